The average molecular weight is 228 g/mol. The van der Waals surface area contributed by atoms with Crippen molar-refractivity contribution in [3.05, 3.63) is 35.4 Å². The maximum Gasteiger partial charge on any atom is 0.303 e. The molecule has 1 aromatic rings. The topological polar surface area (TPSA) is 37.3 Å². The molecule has 0 heterocycles. The van der Waals surface area contributed by atoms with E-state index in [0.717, 1.165) is 6.92 Å². The van der Waals surface area contributed by atoms with Gasteiger partial charge in [0, 0.05) is 12.5 Å². The van der Waals surface area contributed by atoms with E-state index in [9.17, 15) is 13.6 Å². The molecule has 0 fully saturated rings. The Kier molecular flexibility index (Phi) is 3.62. The molecule has 1 aromatic carbocycles. The molecule has 16 heavy (non-hydrogen) atoms. The van der Waals surface area contributed by atoms with Crippen LogP contribution < -0.4 is 0 Å². The molecule has 0 aliphatic rings. The van der Waals surface area contributed by atoms with Gasteiger partial charge in [-0.05, 0) is 11.5 Å². The van der Waals surface area contributed by atoms with E-state index in [0.29, 0.717) is 5.56 Å². The largest absolute Gasteiger partial charge is 0.481 e. The molecule has 0 radical (unpaired) electrons. The SMILES string of the molecule is CC(CC(=O)O)c1ccccc1C(C)(F)F. The first-order valence-electron chi connectivity index (χ1n) is 5.01. The number of carbonyl (C=O) groups is 1. The van der Waals surface area contributed by atoms with Gasteiger partial charge in [-0.3, -0.25) is 4.79 Å². The highest BCUT2D eigenvalue weighted by Gasteiger charge is 2.29. The lowest BCUT2D eigenvalue weighted by Crippen LogP contribution is -2.13. The Balaban J connectivity index is 3.08. The summed E-state index contributed by atoms with van der Waals surface area (Å²) >= 11 is 0. The molecule has 0 aliphatic heterocycles. The van der Waals surface area contributed by atoms with Gasteiger partial charge in [0.15, 0.2) is 0 Å². The van der Waals surface area contributed by atoms with Crippen LogP contribution in [0.4, 0.5) is 8.78 Å². The van der Waals surface area contributed by atoms with Gasteiger partial charge in [-0.15, -0.1) is 0 Å². The van der Waals surface area contributed by atoms with Crippen molar-refractivity contribution in [3.8, 4) is 0 Å². The second kappa shape index (κ2) is 4.60. The molecular weight excluding hydrogens is 214 g/mol. The Morgan fingerprint density at radius 3 is 2.50 bits per heavy atom. The van der Waals surface area contributed by atoms with Gasteiger partial charge >= 0.3 is 5.97 Å². The minimum atomic E-state index is -2.94. The van der Waals surface area contributed by atoms with Crippen molar-refractivity contribution in [1.82, 2.24) is 0 Å². The molecule has 0 aliphatic carbocycles. The van der Waals surface area contributed by atoms with Crippen molar-refractivity contribution in [1.29, 1.82) is 0 Å². The van der Waals surface area contributed by atoms with Crippen molar-refractivity contribution in [2.75, 3.05) is 0 Å². The smallest absolute Gasteiger partial charge is 0.303 e. The van der Waals surface area contributed by atoms with Gasteiger partial charge in [0.2, 0.25) is 0 Å². The molecule has 1 N–H and O–H groups in total. The number of aliphatic carboxylic acids is 1. The molecule has 0 bridgehead atoms. The Morgan fingerprint density at radius 1 is 1.44 bits per heavy atom. The highest BCUT2D eigenvalue weighted by atomic mass is 19.3. The van der Waals surface area contributed by atoms with E-state index in [2.05, 4.69) is 0 Å². The first kappa shape index (κ1) is 12.6. The molecular formula is C12H14F2O2. The zero-order valence-electron chi connectivity index (χ0n) is 9.21. The number of carboxylic acid groups (broad SMARTS) is 1. The Bertz CT molecular complexity index is 383. The van der Waals surface area contributed by atoms with Crippen LogP contribution in [-0.4, -0.2) is 11.1 Å². The minimum absolute atomic E-state index is 0.0937. The molecule has 0 saturated heterocycles. The molecule has 2 nitrogen and oxygen atoms in total. The van der Waals surface area contributed by atoms with E-state index in [1.807, 2.05) is 0 Å². The van der Waals surface area contributed by atoms with E-state index in [1.165, 1.54) is 12.1 Å². The first-order chi connectivity index (χ1) is 7.32. The highest BCUT2D eigenvalue weighted by molar-refractivity contribution is 5.68. The molecule has 1 unspecified atom stereocenters. The molecule has 0 spiro atoms. The summed E-state index contributed by atoms with van der Waals surface area (Å²) in [4.78, 5) is 10.6. The van der Waals surface area contributed by atoms with Crippen LogP contribution in [0.25, 0.3) is 0 Å². The summed E-state index contributed by atoms with van der Waals surface area (Å²) in [6, 6.07) is 6.07. The third-order valence-electron chi connectivity index (χ3n) is 2.45. The predicted molar refractivity (Wildman–Crippen MR) is 56.7 cm³/mol. The number of carboxylic acids is 1. The molecule has 1 atom stereocenters. The van der Waals surface area contributed by atoms with Gasteiger partial charge < -0.3 is 5.11 Å². The van der Waals surface area contributed by atoms with Gasteiger partial charge in [-0.1, -0.05) is 31.2 Å². The summed E-state index contributed by atoms with van der Waals surface area (Å²) in [5.74, 6) is -4.34. The quantitative estimate of drug-likeness (QED) is 0.857. The number of benzene rings is 1. The number of alkyl halides is 2. The maximum atomic E-state index is 13.3. The van der Waals surface area contributed by atoms with Crippen LogP contribution in [0.2, 0.25) is 0 Å². The fourth-order valence-corrected chi connectivity index (χ4v) is 1.70. The van der Waals surface area contributed by atoms with Crippen molar-refractivity contribution in [2.45, 2.75) is 32.1 Å². The second-order valence-electron chi connectivity index (χ2n) is 3.97. The average Bonchev–Trinajstić information content (AvgIpc) is 2.15. The predicted octanol–water partition coefficient (Wildman–Crippen LogP) is 3.38. The second-order valence-corrected chi connectivity index (χ2v) is 3.97. The lowest BCUT2D eigenvalue weighted by Gasteiger charge is -2.19. The van der Waals surface area contributed by atoms with Crippen molar-refractivity contribution < 1.29 is 18.7 Å². The van der Waals surface area contributed by atoms with Gasteiger partial charge in [0.05, 0.1) is 6.42 Å². The lowest BCUT2D eigenvalue weighted by molar-refractivity contribution is -0.137. The Labute approximate surface area is 92.9 Å². The van der Waals surface area contributed by atoms with Crippen LogP contribution in [0, 0.1) is 0 Å². The van der Waals surface area contributed by atoms with E-state index >= 15 is 0 Å². The molecule has 0 saturated carbocycles. The van der Waals surface area contributed by atoms with Crippen molar-refractivity contribution in [2.24, 2.45) is 0 Å². The van der Waals surface area contributed by atoms with E-state index in [-0.39, 0.29) is 12.0 Å². The summed E-state index contributed by atoms with van der Waals surface area (Å²) in [6.07, 6.45) is -0.146. The standard InChI is InChI=1S/C12H14F2O2/c1-8(7-11(15)16)9-5-3-4-6-10(9)12(2,13)14/h3-6,8H,7H2,1-2H3,(H,15,16). The van der Waals surface area contributed by atoms with Crippen LogP contribution in [-0.2, 0) is 10.7 Å². The van der Waals surface area contributed by atoms with Crippen LogP contribution >= 0.6 is 0 Å². The third-order valence-corrected chi connectivity index (χ3v) is 2.45. The highest BCUT2D eigenvalue weighted by Crippen LogP contribution is 2.34. The molecule has 88 valence electrons. The molecule has 4 heteroatoms. The molecule has 1 rings (SSSR count). The Morgan fingerprint density at radius 2 is 2.00 bits per heavy atom. The number of halogens is 2. The van der Waals surface area contributed by atoms with Crippen molar-refractivity contribution >= 4 is 5.97 Å². The summed E-state index contributed by atoms with van der Waals surface area (Å²) in [7, 11) is 0. The van der Waals surface area contributed by atoms with Gasteiger partial charge in [0.25, 0.3) is 5.92 Å². The van der Waals surface area contributed by atoms with Crippen LogP contribution in [0.1, 0.15) is 37.3 Å². The normalized spacial score (nSPS) is 13.5. The number of hydrogen-bond donors (Lipinski definition) is 1. The third kappa shape index (κ3) is 3.02. The van der Waals surface area contributed by atoms with Gasteiger partial charge in [-0.25, -0.2) is 8.78 Å². The summed E-state index contributed by atoms with van der Waals surface area (Å²) in [6.45, 7) is 2.46. The summed E-state index contributed by atoms with van der Waals surface area (Å²) in [5, 5.41) is 8.65. The zero-order valence-corrected chi connectivity index (χ0v) is 9.21. The lowest BCUT2D eigenvalue weighted by atomic mass is 9.91. The molecule has 0 amide bonds. The fraction of sp³-hybridized carbons (Fsp3) is 0.417. The zero-order chi connectivity index (χ0) is 12.3. The van der Waals surface area contributed by atoms with E-state index in [4.69, 9.17) is 5.11 Å². The van der Waals surface area contributed by atoms with Gasteiger partial charge in [-0.2, -0.15) is 0 Å². The number of rotatable bonds is 4. The van der Waals surface area contributed by atoms with Crippen molar-refractivity contribution in [3.63, 3.8) is 0 Å². The first-order valence-corrected chi connectivity index (χ1v) is 5.01. The monoisotopic (exact) mass is 228 g/mol. The fourth-order valence-electron chi connectivity index (χ4n) is 1.70. The van der Waals surface area contributed by atoms with E-state index < -0.39 is 17.8 Å². The Hall–Kier alpha value is -1.45. The molecule has 0 aromatic heterocycles. The van der Waals surface area contributed by atoms with Gasteiger partial charge in [0.1, 0.15) is 0 Å². The number of hydrogen-bond acceptors (Lipinski definition) is 1. The summed E-state index contributed by atoms with van der Waals surface area (Å²) < 4.78 is 26.5. The summed E-state index contributed by atoms with van der Waals surface area (Å²) in [5.41, 5.74) is 0.307. The minimum Gasteiger partial charge on any atom is -0.481 e. The maximum absolute atomic E-state index is 13.3. The van der Waals surface area contributed by atoms with Crippen LogP contribution in [0.15, 0.2) is 24.3 Å². The van der Waals surface area contributed by atoms with Crippen LogP contribution in [0.5, 0.6) is 0 Å². The van der Waals surface area contributed by atoms with Crippen LogP contribution in [0.3, 0.4) is 0 Å². The van der Waals surface area contributed by atoms with E-state index in [1.54, 1.807) is 19.1 Å².